The zero-order chi connectivity index (χ0) is 22.7. The first-order chi connectivity index (χ1) is 14.0. The summed E-state index contributed by atoms with van der Waals surface area (Å²) in [6.07, 6.45) is 2.03. The molecule has 0 aliphatic carbocycles. The smallest absolute Gasteiger partial charge is 0.122 e. The predicted octanol–water partition coefficient (Wildman–Crippen LogP) is 6.78. The molecule has 0 heterocycles. The van der Waals surface area contributed by atoms with Gasteiger partial charge in [-0.25, -0.2) is 0 Å². The van der Waals surface area contributed by atoms with Crippen molar-refractivity contribution in [3.63, 3.8) is 0 Å². The molecule has 1 N–H and O–H groups in total. The molecule has 30 heavy (non-hydrogen) atoms. The number of aromatic hydroxyl groups is 1. The standard InChI is InChI=1S/C27H42NOP/c1-10-27(11-2,23-17-22(26(6,7)8)16-20(5)24(23)29)30-25-19(4)14-13-15-21(25)18-28(9)12-3/h13-17,29-30H,10-12,18H2,1-9H3. The maximum Gasteiger partial charge on any atom is 0.122 e. The van der Waals surface area contributed by atoms with Gasteiger partial charge in [-0.2, -0.15) is 0 Å². The van der Waals surface area contributed by atoms with Crippen LogP contribution in [0.25, 0.3) is 0 Å². The molecule has 0 saturated heterocycles. The second-order valence-electron chi connectivity index (χ2n) is 9.79. The normalized spacial score (nSPS) is 13.0. The number of phenols is 1. The molecular formula is C27H42NOP. The molecule has 1 unspecified atom stereocenters. The molecule has 0 radical (unpaired) electrons. The molecule has 0 saturated carbocycles. The van der Waals surface area contributed by atoms with Crippen molar-refractivity contribution in [2.24, 2.45) is 0 Å². The average Bonchev–Trinajstić information content (AvgIpc) is 2.69. The van der Waals surface area contributed by atoms with E-state index < -0.39 is 0 Å². The Balaban J connectivity index is 2.65. The van der Waals surface area contributed by atoms with E-state index in [1.54, 1.807) is 0 Å². The van der Waals surface area contributed by atoms with Crippen LogP contribution in [0.5, 0.6) is 5.75 Å². The molecule has 3 heteroatoms. The summed E-state index contributed by atoms with van der Waals surface area (Å²) in [5.74, 6) is 0.486. The van der Waals surface area contributed by atoms with E-state index in [1.165, 1.54) is 22.0 Å². The molecule has 1 atom stereocenters. The number of phenolic OH excluding ortho intramolecular Hbond substituents is 1. The largest absolute Gasteiger partial charge is 0.507 e. The summed E-state index contributed by atoms with van der Waals surface area (Å²) >= 11 is 0. The second kappa shape index (κ2) is 9.84. The number of hydrogen-bond acceptors (Lipinski definition) is 2. The van der Waals surface area contributed by atoms with Crippen molar-refractivity contribution < 1.29 is 5.11 Å². The number of benzene rings is 2. The van der Waals surface area contributed by atoms with E-state index in [-0.39, 0.29) is 10.6 Å². The van der Waals surface area contributed by atoms with Gasteiger partial charge in [-0.05, 0) is 73.3 Å². The Morgan fingerprint density at radius 3 is 2.13 bits per heavy atom. The fraction of sp³-hybridized carbons (Fsp3) is 0.556. The highest BCUT2D eigenvalue weighted by molar-refractivity contribution is 7.48. The predicted molar refractivity (Wildman–Crippen MR) is 135 cm³/mol. The zero-order valence-corrected chi connectivity index (χ0v) is 21.6. The first-order valence-corrected chi connectivity index (χ1v) is 12.4. The van der Waals surface area contributed by atoms with Crippen LogP contribution in [-0.2, 0) is 17.1 Å². The quantitative estimate of drug-likeness (QED) is 0.470. The summed E-state index contributed by atoms with van der Waals surface area (Å²) in [4.78, 5) is 2.37. The Kier molecular flexibility index (Phi) is 8.16. The molecule has 0 fully saturated rings. The molecule has 2 aromatic rings. The summed E-state index contributed by atoms with van der Waals surface area (Å²) < 4.78 is 0. The van der Waals surface area contributed by atoms with Gasteiger partial charge in [-0.3, -0.25) is 0 Å². The van der Waals surface area contributed by atoms with E-state index >= 15 is 0 Å². The highest BCUT2D eigenvalue weighted by Crippen LogP contribution is 2.52. The first kappa shape index (κ1) is 24.9. The van der Waals surface area contributed by atoms with Crippen LogP contribution in [0.1, 0.15) is 82.2 Å². The maximum atomic E-state index is 11.2. The fourth-order valence-corrected chi connectivity index (χ4v) is 5.89. The number of rotatable bonds is 8. The van der Waals surface area contributed by atoms with Crippen LogP contribution in [0.15, 0.2) is 30.3 Å². The Labute approximate surface area is 186 Å². The Morgan fingerprint density at radius 2 is 1.60 bits per heavy atom. The van der Waals surface area contributed by atoms with E-state index in [2.05, 4.69) is 90.7 Å². The molecule has 2 rings (SSSR count). The lowest BCUT2D eigenvalue weighted by Crippen LogP contribution is -2.27. The van der Waals surface area contributed by atoms with Crippen molar-refractivity contribution in [3.05, 3.63) is 58.1 Å². The summed E-state index contributed by atoms with van der Waals surface area (Å²) in [6.45, 7) is 19.8. The molecule has 166 valence electrons. The molecule has 0 aliphatic rings. The van der Waals surface area contributed by atoms with E-state index in [0.717, 1.165) is 37.1 Å². The Hall–Kier alpha value is -1.37. The van der Waals surface area contributed by atoms with Crippen LogP contribution in [0, 0.1) is 13.8 Å². The average molecular weight is 428 g/mol. The van der Waals surface area contributed by atoms with Gasteiger partial charge in [-0.15, -0.1) is 0 Å². The highest BCUT2D eigenvalue weighted by Gasteiger charge is 2.34. The first-order valence-electron chi connectivity index (χ1n) is 11.4. The Morgan fingerprint density at radius 1 is 0.967 bits per heavy atom. The third-order valence-corrected chi connectivity index (χ3v) is 9.01. The van der Waals surface area contributed by atoms with Gasteiger partial charge in [0, 0.05) is 17.3 Å². The third-order valence-electron chi connectivity index (χ3n) is 6.59. The van der Waals surface area contributed by atoms with E-state index in [0.29, 0.717) is 14.3 Å². The third kappa shape index (κ3) is 5.27. The summed E-state index contributed by atoms with van der Waals surface area (Å²) in [5, 5.41) is 12.6. The summed E-state index contributed by atoms with van der Waals surface area (Å²) in [7, 11) is 2.81. The molecule has 2 aromatic carbocycles. The van der Waals surface area contributed by atoms with Gasteiger partial charge in [0.05, 0.1) is 0 Å². The van der Waals surface area contributed by atoms with Crippen LogP contribution >= 0.6 is 8.58 Å². The summed E-state index contributed by atoms with van der Waals surface area (Å²) in [5.41, 5.74) is 6.27. The second-order valence-corrected chi connectivity index (χ2v) is 11.5. The lowest BCUT2D eigenvalue weighted by molar-refractivity contribution is 0.346. The van der Waals surface area contributed by atoms with E-state index in [9.17, 15) is 5.11 Å². The van der Waals surface area contributed by atoms with Gasteiger partial charge in [0.2, 0.25) is 0 Å². The number of nitrogens with zero attached hydrogens (tertiary/aromatic N) is 1. The molecule has 0 spiro atoms. The molecule has 0 bridgehead atoms. The van der Waals surface area contributed by atoms with Crippen molar-refractivity contribution >= 4 is 13.9 Å². The Bertz CT molecular complexity index is 862. The number of aryl methyl sites for hydroxylation is 2. The van der Waals surface area contributed by atoms with Crippen LogP contribution < -0.4 is 5.30 Å². The highest BCUT2D eigenvalue weighted by atomic mass is 31.1. The lowest BCUT2D eigenvalue weighted by Gasteiger charge is -2.36. The van der Waals surface area contributed by atoms with E-state index in [4.69, 9.17) is 0 Å². The maximum absolute atomic E-state index is 11.2. The number of hydrogen-bond donors (Lipinski definition) is 1. The molecule has 0 amide bonds. The van der Waals surface area contributed by atoms with Crippen molar-refractivity contribution in [1.29, 1.82) is 0 Å². The van der Waals surface area contributed by atoms with Gasteiger partial charge in [0.1, 0.15) is 5.75 Å². The lowest BCUT2D eigenvalue weighted by atomic mass is 9.81. The van der Waals surface area contributed by atoms with Crippen LogP contribution in [-0.4, -0.2) is 23.6 Å². The monoisotopic (exact) mass is 427 g/mol. The molecular weight excluding hydrogens is 385 g/mol. The summed E-state index contributed by atoms with van der Waals surface area (Å²) in [6, 6.07) is 11.2. The van der Waals surface area contributed by atoms with Crippen molar-refractivity contribution in [3.8, 4) is 5.75 Å². The van der Waals surface area contributed by atoms with Crippen molar-refractivity contribution in [1.82, 2.24) is 4.90 Å². The van der Waals surface area contributed by atoms with Crippen LogP contribution in [0.4, 0.5) is 0 Å². The minimum Gasteiger partial charge on any atom is -0.507 e. The van der Waals surface area contributed by atoms with Crippen molar-refractivity contribution in [2.75, 3.05) is 13.6 Å². The van der Waals surface area contributed by atoms with Gasteiger partial charge < -0.3 is 10.0 Å². The molecule has 0 aliphatic heterocycles. The molecule has 0 aromatic heterocycles. The zero-order valence-electron chi connectivity index (χ0n) is 20.6. The van der Waals surface area contributed by atoms with E-state index in [1.807, 2.05) is 6.92 Å². The van der Waals surface area contributed by atoms with Crippen LogP contribution in [0.2, 0.25) is 0 Å². The topological polar surface area (TPSA) is 23.5 Å². The minimum atomic E-state index is -0.0538. The molecule has 2 nitrogen and oxygen atoms in total. The van der Waals surface area contributed by atoms with Gasteiger partial charge in [0.15, 0.2) is 0 Å². The minimum absolute atomic E-state index is 0.0538. The fourth-order valence-electron chi connectivity index (χ4n) is 4.13. The van der Waals surface area contributed by atoms with Crippen molar-refractivity contribution in [2.45, 2.75) is 85.3 Å². The van der Waals surface area contributed by atoms with Gasteiger partial charge >= 0.3 is 0 Å². The SMILES string of the molecule is CCN(C)Cc1cccc(C)c1PC(CC)(CC)c1cc(C(C)(C)C)cc(C)c1O. The van der Waals surface area contributed by atoms with Gasteiger partial charge in [0.25, 0.3) is 0 Å². The van der Waals surface area contributed by atoms with Gasteiger partial charge in [-0.1, -0.05) is 80.5 Å². The van der Waals surface area contributed by atoms with Crippen LogP contribution in [0.3, 0.4) is 0 Å².